The van der Waals surface area contributed by atoms with E-state index in [0.29, 0.717) is 0 Å². The molecule has 0 aromatic carbocycles. The van der Waals surface area contributed by atoms with E-state index in [9.17, 15) is 4.79 Å². The summed E-state index contributed by atoms with van der Waals surface area (Å²) in [5.41, 5.74) is 0. The van der Waals surface area contributed by atoms with E-state index >= 15 is 0 Å². The Kier molecular flexibility index (Phi) is 14.1. The molecule has 4 nitrogen and oxygen atoms in total. The summed E-state index contributed by atoms with van der Waals surface area (Å²) in [6.07, 6.45) is 17.6. The van der Waals surface area contributed by atoms with Gasteiger partial charge in [-0.05, 0) is 20.3 Å². The Morgan fingerprint density at radius 3 is 1.90 bits per heavy atom. The maximum Gasteiger partial charge on any atom is 0.272 e. The van der Waals surface area contributed by atoms with Crippen molar-refractivity contribution in [3.63, 3.8) is 0 Å². The highest BCUT2D eigenvalue weighted by molar-refractivity contribution is 6.76. The largest absolute Gasteiger partial charge is 0.344 e. The molecule has 1 fully saturated rings. The van der Waals surface area contributed by atoms with Crippen molar-refractivity contribution in [1.29, 1.82) is 0 Å². The van der Waals surface area contributed by atoms with Crippen LogP contribution in [0, 0.1) is 0 Å². The van der Waals surface area contributed by atoms with Gasteiger partial charge in [-0.15, -0.1) is 6.58 Å². The Hall–Kier alpha value is -0.0000000000000000416. The van der Waals surface area contributed by atoms with Crippen LogP contribution in [0.15, 0.2) is 12.7 Å². The zero-order valence-electron chi connectivity index (χ0n) is 19.6. The molecular weight excluding hydrogens is 457 g/mol. The molecule has 31 heavy (non-hydrogen) atoms. The van der Waals surface area contributed by atoms with Crippen molar-refractivity contribution in [2.24, 2.45) is 0 Å². The Labute approximate surface area is 204 Å². The Balaban J connectivity index is 2.30. The number of carbonyl (C=O) groups is 1. The molecule has 0 spiro atoms. The zero-order valence-corrected chi connectivity index (χ0v) is 21.8. The molecule has 0 aliphatic carbocycles. The second-order valence-electron chi connectivity index (χ2n) is 9.05. The van der Waals surface area contributed by atoms with E-state index in [2.05, 4.69) is 18.8 Å². The first-order valence-electron chi connectivity index (χ1n) is 12.0. The molecule has 7 heteroatoms. The number of amides is 1. The summed E-state index contributed by atoms with van der Waals surface area (Å²) < 4.78 is 10.1. The highest BCUT2D eigenvalue weighted by Crippen LogP contribution is 2.34. The first-order valence-corrected chi connectivity index (χ1v) is 13.1. The van der Waals surface area contributed by atoms with Crippen LogP contribution in [0.1, 0.15) is 104 Å². The predicted octanol–water partition coefficient (Wildman–Crippen LogP) is 7.64. The van der Waals surface area contributed by atoms with Crippen molar-refractivity contribution in [1.82, 2.24) is 5.32 Å². The molecule has 1 heterocycles. The monoisotopic (exact) mass is 497 g/mol. The number of rotatable bonds is 16. The van der Waals surface area contributed by atoms with Gasteiger partial charge in [-0.3, -0.25) is 4.79 Å². The maximum absolute atomic E-state index is 12.1. The van der Waals surface area contributed by atoms with Crippen molar-refractivity contribution in [3.8, 4) is 0 Å². The van der Waals surface area contributed by atoms with Crippen LogP contribution in [-0.2, 0) is 14.3 Å². The lowest BCUT2D eigenvalue weighted by molar-refractivity contribution is -0.149. The molecule has 0 aromatic heterocycles. The third-order valence-electron chi connectivity index (χ3n) is 5.73. The highest BCUT2D eigenvalue weighted by atomic mass is 35.6. The molecule has 0 unspecified atom stereocenters. The summed E-state index contributed by atoms with van der Waals surface area (Å²) in [5, 5.41) is 2.70. The van der Waals surface area contributed by atoms with E-state index in [4.69, 9.17) is 44.3 Å². The van der Waals surface area contributed by atoms with Crippen molar-refractivity contribution >= 4 is 40.7 Å². The van der Waals surface area contributed by atoms with Crippen LogP contribution in [-0.4, -0.2) is 33.7 Å². The zero-order chi connectivity index (χ0) is 23.3. The van der Waals surface area contributed by atoms with Crippen LogP contribution in [0.25, 0.3) is 0 Å². The fourth-order valence-electron chi connectivity index (χ4n) is 4.09. The average molecular weight is 499 g/mol. The second-order valence-corrected chi connectivity index (χ2v) is 11.3. The molecule has 3 atom stereocenters. The first-order chi connectivity index (χ1) is 14.6. The lowest BCUT2D eigenvalue weighted by Gasteiger charge is -2.26. The van der Waals surface area contributed by atoms with Crippen LogP contribution < -0.4 is 5.32 Å². The molecule has 1 aliphatic rings. The highest BCUT2D eigenvalue weighted by Gasteiger charge is 2.45. The quantitative estimate of drug-likeness (QED) is 0.135. The van der Waals surface area contributed by atoms with E-state index < -0.39 is 21.5 Å². The van der Waals surface area contributed by atoms with Gasteiger partial charge >= 0.3 is 0 Å². The lowest BCUT2D eigenvalue weighted by atomic mass is 9.99. The number of unbranched alkanes of at least 4 members (excludes halogenated alkanes) is 11. The van der Waals surface area contributed by atoms with Gasteiger partial charge in [0.15, 0.2) is 5.79 Å². The van der Waals surface area contributed by atoms with Crippen molar-refractivity contribution in [3.05, 3.63) is 12.7 Å². The van der Waals surface area contributed by atoms with E-state index in [-0.39, 0.29) is 12.2 Å². The Morgan fingerprint density at radius 1 is 0.968 bits per heavy atom. The summed E-state index contributed by atoms with van der Waals surface area (Å²) in [5.74, 6) is -1.42. The van der Waals surface area contributed by atoms with E-state index in [1.807, 2.05) is 13.8 Å². The van der Waals surface area contributed by atoms with Gasteiger partial charge in [0, 0.05) is 0 Å². The van der Waals surface area contributed by atoms with Crippen molar-refractivity contribution in [2.75, 3.05) is 0 Å². The molecular formula is C24H42Cl3NO3. The molecule has 0 saturated carbocycles. The molecule has 0 aromatic rings. The molecule has 1 rings (SSSR count). The van der Waals surface area contributed by atoms with E-state index in [0.717, 1.165) is 12.8 Å². The van der Waals surface area contributed by atoms with Crippen molar-refractivity contribution < 1.29 is 14.3 Å². The minimum Gasteiger partial charge on any atom is -0.344 e. The number of nitrogens with one attached hydrogen (secondary N) is 1. The van der Waals surface area contributed by atoms with Crippen LogP contribution in [0.5, 0.6) is 0 Å². The van der Waals surface area contributed by atoms with Crippen LogP contribution in [0.3, 0.4) is 0 Å². The number of ether oxygens (including phenoxy) is 2. The van der Waals surface area contributed by atoms with Crippen LogP contribution >= 0.6 is 34.8 Å². The summed E-state index contributed by atoms with van der Waals surface area (Å²) in [6.45, 7) is 9.82. The van der Waals surface area contributed by atoms with Crippen LogP contribution in [0.2, 0.25) is 0 Å². The lowest BCUT2D eigenvalue weighted by Crippen LogP contribution is -2.49. The number of halogens is 3. The first kappa shape index (κ1) is 29.0. The summed E-state index contributed by atoms with van der Waals surface area (Å²) in [4.78, 5) is 12.1. The topological polar surface area (TPSA) is 47.6 Å². The fraction of sp³-hybridized carbons (Fsp3) is 0.875. The molecule has 1 amide bonds. The molecule has 1 N–H and O–H groups in total. The Morgan fingerprint density at radius 2 is 1.45 bits per heavy atom. The van der Waals surface area contributed by atoms with Gasteiger partial charge in [0.1, 0.15) is 6.10 Å². The number of hydrogen-bond acceptors (Lipinski definition) is 3. The molecule has 0 bridgehead atoms. The third kappa shape index (κ3) is 12.1. The van der Waals surface area contributed by atoms with Gasteiger partial charge in [0.25, 0.3) is 9.70 Å². The average Bonchev–Trinajstić information content (AvgIpc) is 3.00. The SMILES string of the molecule is C=C[C@@H](NC(=O)C(Cl)(Cl)Cl)[C@@H]1OC(C)(C)O[C@@H]1CCCCCCCCCCCCCC. The maximum atomic E-state index is 12.1. The second kappa shape index (κ2) is 15.0. The number of carbonyl (C=O) groups excluding carboxylic acids is 1. The molecule has 1 aliphatic heterocycles. The minimum atomic E-state index is -2.03. The van der Waals surface area contributed by atoms with Crippen molar-refractivity contribution in [2.45, 2.75) is 132 Å². The van der Waals surface area contributed by atoms with Gasteiger partial charge < -0.3 is 14.8 Å². The van der Waals surface area contributed by atoms with Gasteiger partial charge in [-0.1, -0.05) is 125 Å². The van der Waals surface area contributed by atoms with Crippen LogP contribution in [0.4, 0.5) is 0 Å². The smallest absolute Gasteiger partial charge is 0.272 e. The molecule has 0 radical (unpaired) electrons. The van der Waals surface area contributed by atoms with Gasteiger partial charge in [-0.2, -0.15) is 0 Å². The summed E-state index contributed by atoms with van der Waals surface area (Å²) in [7, 11) is 0. The molecule has 1 saturated heterocycles. The number of alkyl halides is 3. The predicted molar refractivity (Wildman–Crippen MR) is 132 cm³/mol. The van der Waals surface area contributed by atoms with Gasteiger partial charge in [-0.25, -0.2) is 0 Å². The summed E-state index contributed by atoms with van der Waals surface area (Å²) in [6, 6.07) is -0.493. The molecule has 182 valence electrons. The summed E-state index contributed by atoms with van der Waals surface area (Å²) >= 11 is 17.1. The van der Waals surface area contributed by atoms with E-state index in [1.54, 1.807) is 6.08 Å². The fourth-order valence-corrected chi connectivity index (χ4v) is 4.25. The third-order valence-corrected chi connectivity index (χ3v) is 6.24. The standard InChI is InChI=1S/C24H42Cl3NO3/c1-5-7-8-9-10-11-12-13-14-15-16-17-18-20-21(31-23(3,4)30-20)19(6-2)28-22(29)24(25,26)27/h6,19-21H,2,5,7-18H2,1,3-4H3,(H,28,29)/t19-,20-,21+/m1/s1. The minimum absolute atomic E-state index is 0.142. The Bertz CT molecular complexity index is 523. The van der Waals surface area contributed by atoms with E-state index in [1.165, 1.54) is 70.6 Å². The normalized spacial score (nSPS) is 21.7. The number of hydrogen-bond donors (Lipinski definition) is 1. The van der Waals surface area contributed by atoms with Gasteiger partial charge in [0.2, 0.25) is 0 Å². The van der Waals surface area contributed by atoms with Gasteiger partial charge in [0.05, 0.1) is 12.1 Å².